The van der Waals surface area contributed by atoms with E-state index < -0.39 is 5.97 Å². The molecule has 0 saturated carbocycles. The quantitative estimate of drug-likeness (QED) is 0.728. The molecule has 0 unspecified atom stereocenters. The van der Waals surface area contributed by atoms with Crippen LogP contribution >= 0.6 is 0 Å². The molecule has 0 spiro atoms. The lowest BCUT2D eigenvalue weighted by Gasteiger charge is -2.32. The van der Waals surface area contributed by atoms with Gasteiger partial charge < -0.3 is 14.6 Å². The van der Waals surface area contributed by atoms with Gasteiger partial charge in [0.2, 0.25) is 0 Å². The molecule has 1 saturated heterocycles. The number of aromatic amines is 2. The van der Waals surface area contributed by atoms with Gasteiger partial charge in [-0.15, -0.1) is 0 Å². The molecule has 0 atom stereocenters. The van der Waals surface area contributed by atoms with Crippen LogP contribution in [0.5, 0.6) is 0 Å². The van der Waals surface area contributed by atoms with Crippen LogP contribution in [-0.4, -0.2) is 65.6 Å². The highest BCUT2D eigenvalue weighted by Gasteiger charge is 2.20. The molecule has 1 aromatic rings. The molecule has 1 aliphatic heterocycles. The largest absolute Gasteiger partial charge is 0.461 e. The van der Waals surface area contributed by atoms with Gasteiger partial charge in [0, 0.05) is 32.7 Å². The Kier molecular flexibility index (Phi) is 4.39. The number of esters is 1. The van der Waals surface area contributed by atoms with E-state index in [1.807, 2.05) is 0 Å². The van der Waals surface area contributed by atoms with Gasteiger partial charge in [0.15, 0.2) is 0 Å². The van der Waals surface area contributed by atoms with E-state index in [2.05, 4.69) is 26.8 Å². The molecular formula is C12H20N4O3. The topological polar surface area (TPSA) is 81.4 Å². The molecular weight excluding hydrogens is 248 g/mol. The number of imidazole rings is 1. The van der Waals surface area contributed by atoms with Crippen molar-refractivity contribution in [3.05, 3.63) is 21.9 Å². The first-order chi connectivity index (χ1) is 9.10. The molecule has 1 aromatic heterocycles. The van der Waals surface area contributed by atoms with Crippen LogP contribution in [0.3, 0.4) is 0 Å². The van der Waals surface area contributed by atoms with Crippen molar-refractivity contribution >= 4 is 5.97 Å². The van der Waals surface area contributed by atoms with E-state index in [1.54, 1.807) is 6.92 Å². The molecule has 0 amide bonds. The maximum absolute atomic E-state index is 11.7. The average Bonchev–Trinajstić information content (AvgIpc) is 2.74. The first-order valence-electron chi connectivity index (χ1n) is 6.49. The molecule has 1 fully saturated rings. The third kappa shape index (κ3) is 3.45. The molecule has 0 aliphatic carbocycles. The van der Waals surface area contributed by atoms with Gasteiger partial charge in [0.25, 0.3) is 0 Å². The number of hydrogen-bond donors (Lipinski definition) is 2. The van der Waals surface area contributed by atoms with E-state index in [9.17, 15) is 9.59 Å². The summed E-state index contributed by atoms with van der Waals surface area (Å²) in [7, 11) is 2.08. The van der Waals surface area contributed by atoms with Crippen LogP contribution < -0.4 is 5.69 Å². The second kappa shape index (κ2) is 6.03. The number of nitrogens with one attached hydrogen (secondary N) is 2. The summed E-state index contributed by atoms with van der Waals surface area (Å²) in [5.74, 6) is -0.482. The standard InChI is InChI=1S/C12H20N4O3/c1-3-19-11(17)10-9(13-12(18)14-10)8-16-6-4-15(2)5-7-16/h3-8H2,1-2H3,(H2,13,14,18). The number of piperazine rings is 1. The van der Waals surface area contributed by atoms with Crippen LogP contribution in [0.15, 0.2) is 4.79 Å². The number of rotatable bonds is 4. The Bertz CT molecular complexity index is 485. The zero-order valence-electron chi connectivity index (χ0n) is 11.4. The maximum Gasteiger partial charge on any atom is 0.356 e. The first-order valence-corrected chi connectivity index (χ1v) is 6.49. The fraction of sp³-hybridized carbons (Fsp3) is 0.667. The molecule has 1 aliphatic rings. The lowest BCUT2D eigenvalue weighted by atomic mass is 10.2. The SMILES string of the molecule is CCOC(=O)c1[nH]c(=O)[nH]c1CN1CCN(C)CC1. The predicted octanol–water partition coefficient (Wildman–Crippen LogP) is -0.373. The minimum Gasteiger partial charge on any atom is -0.461 e. The van der Waals surface area contributed by atoms with Crippen molar-refractivity contribution in [1.82, 2.24) is 19.8 Å². The van der Waals surface area contributed by atoms with Gasteiger partial charge in [0.05, 0.1) is 12.3 Å². The van der Waals surface area contributed by atoms with Crippen LogP contribution in [0.25, 0.3) is 0 Å². The number of hydrogen-bond acceptors (Lipinski definition) is 5. The van der Waals surface area contributed by atoms with E-state index in [4.69, 9.17) is 4.74 Å². The highest BCUT2D eigenvalue weighted by Crippen LogP contribution is 2.09. The van der Waals surface area contributed by atoms with Gasteiger partial charge in [-0.1, -0.05) is 0 Å². The van der Waals surface area contributed by atoms with Crippen molar-refractivity contribution in [2.24, 2.45) is 0 Å². The summed E-state index contributed by atoms with van der Waals surface area (Å²) in [6.45, 7) is 6.41. The Balaban J connectivity index is 2.07. The Morgan fingerprint density at radius 2 is 1.95 bits per heavy atom. The lowest BCUT2D eigenvalue weighted by molar-refractivity contribution is 0.0516. The van der Waals surface area contributed by atoms with Gasteiger partial charge >= 0.3 is 11.7 Å². The fourth-order valence-corrected chi connectivity index (χ4v) is 2.15. The first kappa shape index (κ1) is 13.8. The molecule has 7 nitrogen and oxygen atoms in total. The van der Waals surface area contributed by atoms with Crippen molar-refractivity contribution in [3.63, 3.8) is 0 Å². The molecule has 0 aromatic carbocycles. The van der Waals surface area contributed by atoms with Crippen LogP contribution in [-0.2, 0) is 11.3 Å². The second-order valence-corrected chi connectivity index (χ2v) is 4.73. The van der Waals surface area contributed by atoms with Crippen molar-refractivity contribution < 1.29 is 9.53 Å². The average molecular weight is 268 g/mol. The summed E-state index contributed by atoms with van der Waals surface area (Å²) >= 11 is 0. The molecule has 2 heterocycles. The Morgan fingerprint density at radius 3 is 2.58 bits per heavy atom. The number of carbonyl (C=O) groups is 1. The lowest BCUT2D eigenvalue weighted by Crippen LogP contribution is -2.44. The Hall–Kier alpha value is -1.60. The molecule has 19 heavy (non-hydrogen) atoms. The predicted molar refractivity (Wildman–Crippen MR) is 70.1 cm³/mol. The minimum absolute atomic E-state index is 0.241. The van der Waals surface area contributed by atoms with E-state index >= 15 is 0 Å². The van der Waals surface area contributed by atoms with Crippen LogP contribution in [0, 0.1) is 0 Å². The zero-order valence-corrected chi connectivity index (χ0v) is 11.4. The molecule has 0 radical (unpaired) electrons. The smallest absolute Gasteiger partial charge is 0.356 e. The third-order valence-electron chi connectivity index (χ3n) is 3.26. The van der Waals surface area contributed by atoms with Gasteiger partial charge in [-0.3, -0.25) is 9.88 Å². The number of aromatic nitrogens is 2. The molecule has 106 valence electrons. The van der Waals surface area contributed by atoms with Crippen LogP contribution in [0.2, 0.25) is 0 Å². The van der Waals surface area contributed by atoms with Crippen molar-refractivity contribution in [2.45, 2.75) is 13.5 Å². The minimum atomic E-state index is -0.482. The van der Waals surface area contributed by atoms with Crippen LogP contribution in [0.4, 0.5) is 0 Å². The third-order valence-corrected chi connectivity index (χ3v) is 3.26. The highest BCUT2D eigenvalue weighted by molar-refractivity contribution is 5.88. The van der Waals surface area contributed by atoms with Crippen molar-refractivity contribution in [1.29, 1.82) is 0 Å². The van der Waals surface area contributed by atoms with Gasteiger partial charge in [0.1, 0.15) is 5.69 Å². The van der Waals surface area contributed by atoms with Crippen molar-refractivity contribution in [2.75, 3.05) is 39.8 Å². The monoisotopic (exact) mass is 268 g/mol. The number of likely N-dealkylation sites (N-methyl/N-ethyl adjacent to an activating group) is 1. The summed E-state index contributed by atoms with van der Waals surface area (Å²) in [6, 6.07) is 0. The molecule has 2 N–H and O–H groups in total. The summed E-state index contributed by atoms with van der Waals surface area (Å²) in [5.41, 5.74) is 0.478. The van der Waals surface area contributed by atoms with Gasteiger partial charge in [-0.25, -0.2) is 9.59 Å². The summed E-state index contributed by atoms with van der Waals surface area (Å²) in [5, 5.41) is 0. The molecule has 0 bridgehead atoms. The van der Waals surface area contributed by atoms with Gasteiger partial charge in [-0.2, -0.15) is 0 Å². The van der Waals surface area contributed by atoms with E-state index in [0.29, 0.717) is 18.8 Å². The van der Waals surface area contributed by atoms with Gasteiger partial charge in [-0.05, 0) is 14.0 Å². The second-order valence-electron chi connectivity index (χ2n) is 4.73. The summed E-state index contributed by atoms with van der Waals surface area (Å²) in [6.07, 6.45) is 0. The highest BCUT2D eigenvalue weighted by atomic mass is 16.5. The van der Waals surface area contributed by atoms with Crippen LogP contribution in [0.1, 0.15) is 23.1 Å². The number of carbonyl (C=O) groups excluding carboxylic acids is 1. The Labute approximate surface area is 111 Å². The summed E-state index contributed by atoms with van der Waals surface area (Å²) in [4.78, 5) is 32.7. The maximum atomic E-state index is 11.7. The fourth-order valence-electron chi connectivity index (χ4n) is 2.15. The number of H-pyrrole nitrogens is 2. The number of ether oxygens (including phenoxy) is 1. The van der Waals surface area contributed by atoms with Crippen molar-refractivity contribution in [3.8, 4) is 0 Å². The van der Waals surface area contributed by atoms with E-state index in [0.717, 1.165) is 26.2 Å². The molecule has 2 rings (SSSR count). The molecule has 7 heteroatoms. The summed E-state index contributed by atoms with van der Waals surface area (Å²) < 4.78 is 4.93. The Morgan fingerprint density at radius 1 is 1.26 bits per heavy atom. The van der Waals surface area contributed by atoms with E-state index in [1.165, 1.54) is 0 Å². The van der Waals surface area contributed by atoms with E-state index in [-0.39, 0.29) is 11.4 Å². The number of nitrogens with zero attached hydrogens (tertiary/aromatic N) is 2. The normalized spacial score (nSPS) is 17.6. The zero-order chi connectivity index (χ0) is 13.8.